The van der Waals surface area contributed by atoms with Crippen LogP contribution >= 0.6 is 34.8 Å². The minimum Gasteiger partial charge on any atom is -0.207 e. The van der Waals surface area contributed by atoms with Crippen LogP contribution in [0.4, 0.5) is 4.39 Å². The van der Waals surface area contributed by atoms with Gasteiger partial charge in [-0.25, -0.2) is 4.39 Å². The molecule has 0 radical (unpaired) electrons. The molecule has 0 spiro atoms. The van der Waals surface area contributed by atoms with E-state index in [4.69, 9.17) is 34.8 Å². The predicted molar refractivity (Wildman–Crippen MR) is 75.2 cm³/mol. The van der Waals surface area contributed by atoms with E-state index in [9.17, 15) is 4.39 Å². The first-order chi connectivity index (χ1) is 8.56. The van der Waals surface area contributed by atoms with Gasteiger partial charge in [-0.1, -0.05) is 35.3 Å². The van der Waals surface area contributed by atoms with Crippen LogP contribution in [0.5, 0.6) is 0 Å². The van der Waals surface area contributed by atoms with Gasteiger partial charge in [-0.3, -0.25) is 0 Å². The second kappa shape index (κ2) is 5.92. The fourth-order valence-corrected chi connectivity index (χ4v) is 2.58. The second-order valence-electron chi connectivity index (χ2n) is 3.97. The minimum atomic E-state index is -0.335. The van der Waals surface area contributed by atoms with Crippen molar-refractivity contribution in [2.24, 2.45) is 0 Å². The molecule has 0 fully saturated rings. The molecule has 1 unspecified atom stereocenters. The van der Waals surface area contributed by atoms with E-state index in [2.05, 4.69) is 0 Å². The second-order valence-corrected chi connectivity index (χ2v) is 5.34. The molecule has 0 aliphatic rings. The van der Waals surface area contributed by atoms with E-state index in [0.717, 1.165) is 11.1 Å². The van der Waals surface area contributed by atoms with Crippen molar-refractivity contribution >= 4 is 34.8 Å². The molecule has 0 aliphatic heterocycles. The third kappa shape index (κ3) is 3.38. The van der Waals surface area contributed by atoms with E-state index in [1.807, 2.05) is 6.07 Å². The molecule has 0 nitrogen and oxygen atoms in total. The largest absolute Gasteiger partial charge is 0.207 e. The molecule has 0 bridgehead atoms. The van der Waals surface area contributed by atoms with Gasteiger partial charge in [0, 0.05) is 10.0 Å². The van der Waals surface area contributed by atoms with E-state index >= 15 is 0 Å². The van der Waals surface area contributed by atoms with Gasteiger partial charge in [-0.05, 0) is 47.9 Å². The van der Waals surface area contributed by atoms with Crippen LogP contribution in [0.25, 0.3) is 0 Å². The Bertz CT molecular complexity index is 554. The van der Waals surface area contributed by atoms with Crippen LogP contribution < -0.4 is 0 Å². The van der Waals surface area contributed by atoms with Gasteiger partial charge in [-0.2, -0.15) is 0 Å². The summed E-state index contributed by atoms with van der Waals surface area (Å²) in [4.78, 5) is 0. The van der Waals surface area contributed by atoms with Crippen molar-refractivity contribution in [2.45, 2.75) is 11.8 Å². The quantitative estimate of drug-likeness (QED) is 0.642. The fraction of sp³-hybridized carbons (Fsp3) is 0.143. The highest BCUT2D eigenvalue weighted by Gasteiger charge is 2.13. The monoisotopic (exact) mass is 302 g/mol. The van der Waals surface area contributed by atoms with Gasteiger partial charge < -0.3 is 0 Å². The Morgan fingerprint density at radius 2 is 1.83 bits per heavy atom. The van der Waals surface area contributed by atoms with Gasteiger partial charge in [0.2, 0.25) is 0 Å². The third-order valence-corrected chi connectivity index (χ3v) is 3.57. The zero-order chi connectivity index (χ0) is 13.1. The van der Waals surface area contributed by atoms with Crippen LogP contribution in [0.15, 0.2) is 42.5 Å². The van der Waals surface area contributed by atoms with Gasteiger partial charge in [0.25, 0.3) is 0 Å². The Kier molecular flexibility index (Phi) is 4.50. The average molecular weight is 304 g/mol. The first-order valence-electron chi connectivity index (χ1n) is 5.40. The highest BCUT2D eigenvalue weighted by molar-refractivity contribution is 6.34. The number of hydrogen-bond donors (Lipinski definition) is 0. The minimum absolute atomic E-state index is 0.270. The SMILES string of the molecule is Fc1cccc(CC(Cl)c2cc(Cl)ccc2Cl)c1. The van der Waals surface area contributed by atoms with Crippen molar-refractivity contribution in [1.29, 1.82) is 0 Å². The van der Waals surface area contributed by atoms with Crippen LogP contribution in [0, 0.1) is 5.82 Å². The number of alkyl halides is 1. The van der Waals surface area contributed by atoms with Crippen LogP contribution in [0.3, 0.4) is 0 Å². The van der Waals surface area contributed by atoms with Crippen LogP contribution in [0.1, 0.15) is 16.5 Å². The van der Waals surface area contributed by atoms with Gasteiger partial charge in [0.15, 0.2) is 0 Å². The summed E-state index contributed by atoms with van der Waals surface area (Å²) < 4.78 is 13.1. The molecule has 0 aromatic heterocycles. The molecule has 94 valence electrons. The van der Waals surface area contributed by atoms with Gasteiger partial charge >= 0.3 is 0 Å². The maximum Gasteiger partial charge on any atom is 0.123 e. The molecule has 0 heterocycles. The lowest BCUT2D eigenvalue weighted by Gasteiger charge is -2.12. The van der Waals surface area contributed by atoms with Crippen molar-refractivity contribution in [3.8, 4) is 0 Å². The number of hydrogen-bond acceptors (Lipinski definition) is 0. The Labute approximate surface area is 120 Å². The molecule has 2 aromatic carbocycles. The van der Waals surface area contributed by atoms with Crippen LogP contribution in [0.2, 0.25) is 10.0 Å². The Morgan fingerprint density at radius 1 is 1.06 bits per heavy atom. The lowest BCUT2D eigenvalue weighted by molar-refractivity contribution is 0.625. The molecule has 0 aliphatic carbocycles. The molecule has 0 saturated carbocycles. The smallest absolute Gasteiger partial charge is 0.123 e. The molecule has 1 atom stereocenters. The molecule has 2 rings (SSSR count). The molecule has 2 aromatic rings. The van der Waals surface area contributed by atoms with E-state index in [1.165, 1.54) is 12.1 Å². The van der Waals surface area contributed by atoms with Crippen molar-refractivity contribution in [3.05, 3.63) is 69.5 Å². The maximum atomic E-state index is 13.1. The molecule has 0 N–H and O–H groups in total. The summed E-state index contributed by atoms with van der Waals surface area (Å²) in [6.45, 7) is 0. The van der Waals surface area contributed by atoms with Crippen LogP contribution in [-0.4, -0.2) is 0 Å². The maximum absolute atomic E-state index is 13.1. The number of halogens is 4. The van der Waals surface area contributed by atoms with Crippen molar-refractivity contribution in [1.82, 2.24) is 0 Å². The summed E-state index contributed by atoms with van der Waals surface area (Å²) in [5, 5.41) is 0.813. The molecular weight excluding hydrogens is 294 g/mol. The summed E-state index contributed by atoms with van der Waals surface area (Å²) >= 11 is 18.3. The van der Waals surface area contributed by atoms with Crippen molar-refractivity contribution in [2.75, 3.05) is 0 Å². The van der Waals surface area contributed by atoms with E-state index < -0.39 is 0 Å². The van der Waals surface area contributed by atoms with Crippen molar-refractivity contribution < 1.29 is 4.39 Å². The highest BCUT2D eigenvalue weighted by atomic mass is 35.5. The summed E-state index contributed by atoms with van der Waals surface area (Å²) in [6, 6.07) is 11.5. The van der Waals surface area contributed by atoms with Gasteiger partial charge in [0.05, 0.1) is 5.38 Å². The zero-order valence-corrected chi connectivity index (χ0v) is 11.6. The normalized spacial score (nSPS) is 12.4. The lowest BCUT2D eigenvalue weighted by atomic mass is 10.0. The zero-order valence-electron chi connectivity index (χ0n) is 9.34. The standard InChI is InChI=1S/C14H10Cl3F/c15-10-4-5-13(16)12(8-10)14(17)7-9-2-1-3-11(18)6-9/h1-6,8,14H,7H2. The fourth-order valence-electron chi connectivity index (χ4n) is 1.74. The Morgan fingerprint density at radius 3 is 2.56 bits per heavy atom. The lowest BCUT2D eigenvalue weighted by Crippen LogP contribution is -1.97. The topological polar surface area (TPSA) is 0 Å². The van der Waals surface area contributed by atoms with Gasteiger partial charge in [-0.15, -0.1) is 11.6 Å². The number of benzene rings is 2. The number of rotatable bonds is 3. The van der Waals surface area contributed by atoms with E-state index in [-0.39, 0.29) is 11.2 Å². The summed E-state index contributed by atoms with van der Waals surface area (Å²) in [6.07, 6.45) is 0.499. The third-order valence-electron chi connectivity index (χ3n) is 2.60. The summed E-state index contributed by atoms with van der Waals surface area (Å²) in [5.74, 6) is -0.270. The molecular formula is C14H10Cl3F. The summed E-state index contributed by atoms with van der Waals surface area (Å²) in [5.41, 5.74) is 1.58. The average Bonchev–Trinajstić information content (AvgIpc) is 2.32. The highest BCUT2D eigenvalue weighted by Crippen LogP contribution is 2.32. The molecule has 18 heavy (non-hydrogen) atoms. The molecule has 0 amide bonds. The first-order valence-corrected chi connectivity index (χ1v) is 6.59. The Hall–Kier alpha value is -0.760. The van der Waals surface area contributed by atoms with E-state index in [1.54, 1.807) is 24.3 Å². The first kappa shape index (κ1) is 13.7. The van der Waals surface area contributed by atoms with E-state index in [0.29, 0.717) is 16.5 Å². The van der Waals surface area contributed by atoms with Crippen LogP contribution in [-0.2, 0) is 6.42 Å². The Balaban J connectivity index is 2.21. The molecule has 0 saturated heterocycles. The summed E-state index contributed by atoms with van der Waals surface area (Å²) in [7, 11) is 0. The van der Waals surface area contributed by atoms with Gasteiger partial charge in [0.1, 0.15) is 5.82 Å². The van der Waals surface area contributed by atoms with Crippen molar-refractivity contribution in [3.63, 3.8) is 0 Å². The molecule has 4 heteroatoms. The predicted octanol–water partition coefficient (Wildman–Crippen LogP) is 5.66.